The number of hydrogen-bond donors (Lipinski definition) is 2. The Labute approximate surface area is 170 Å². The van der Waals surface area contributed by atoms with Crippen molar-refractivity contribution in [2.24, 2.45) is 0 Å². The average molecular weight is 407 g/mol. The lowest BCUT2D eigenvalue weighted by Gasteiger charge is -2.35. The highest BCUT2D eigenvalue weighted by Crippen LogP contribution is 2.18. The maximum absolute atomic E-state index is 12.8. The Kier molecular flexibility index (Phi) is 7.49. The molecule has 1 aliphatic heterocycles. The van der Waals surface area contributed by atoms with Crippen LogP contribution in [0.15, 0.2) is 18.5 Å². The Morgan fingerprint density at radius 2 is 1.97 bits per heavy atom. The van der Waals surface area contributed by atoms with Gasteiger partial charge in [-0.3, -0.25) is 14.5 Å². The molecule has 0 spiro atoms. The number of nitrogens with zero attached hydrogens (tertiary/aromatic N) is 4. The summed E-state index contributed by atoms with van der Waals surface area (Å²) < 4.78 is 5.39. The standard InChI is InChI=1S/C19H29N5O5/c1-13(25)16(17(27)22-11-14-20-8-6-9-21-14)24-12-23(10-5-7-15(24)26)18(28)29-19(2,3)4/h6,8-9,13,16,25H,5,7,10-12H2,1-4H3,(H,22,27). The summed E-state index contributed by atoms with van der Waals surface area (Å²) in [7, 11) is 0. The maximum atomic E-state index is 12.8. The smallest absolute Gasteiger partial charge is 0.411 e. The molecule has 2 unspecified atom stereocenters. The quantitative estimate of drug-likeness (QED) is 0.734. The molecule has 2 atom stereocenters. The summed E-state index contributed by atoms with van der Waals surface area (Å²) in [5.74, 6) is -0.456. The average Bonchev–Trinajstić information content (AvgIpc) is 2.81. The highest BCUT2D eigenvalue weighted by molar-refractivity contribution is 5.88. The van der Waals surface area contributed by atoms with Gasteiger partial charge in [0, 0.05) is 25.4 Å². The van der Waals surface area contributed by atoms with Crippen LogP contribution in [0.5, 0.6) is 0 Å². The van der Waals surface area contributed by atoms with Crippen LogP contribution in [0.1, 0.15) is 46.4 Å². The molecule has 1 fully saturated rings. The second kappa shape index (κ2) is 9.64. The van der Waals surface area contributed by atoms with Gasteiger partial charge in [0.15, 0.2) is 0 Å². The van der Waals surface area contributed by atoms with E-state index in [4.69, 9.17) is 4.74 Å². The molecule has 1 aromatic rings. The molecule has 29 heavy (non-hydrogen) atoms. The van der Waals surface area contributed by atoms with Crippen LogP contribution in [0.2, 0.25) is 0 Å². The zero-order valence-corrected chi connectivity index (χ0v) is 17.3. The van der Waals surface area contributed by atoms with Gasteiger partial charge in [-0.15, -0.1) is 0 Å². The van der Waals surface area contributed by atoms with E-state index in [9.17, 15) is 19.5 Å². The van der Waals surface area contributed by atoms with E-state index in [0.29, 0.717) is 18.8 Å². The Bertz CT molecular complexity index is 719. The molecule has 2 heterocycles. The minimum Gasteiger partial charge on any atom is -0.444 e. The van der Waals surface area contributed by atoms with Crippen LogP contribution in [0, 0.1) is 0 Å². The SMILES string of the molecule is CC(O)C(C(=O)NCc1ncccn1)N1CN(C(=O)OC(C)(C)C)CCCC1=O. The minimum absolute atomic E-state index is 0.0563. The van der Waals surface area contributed by atoms with E-state index < -0.39 is 29.7 Å². The molecule has 0 saturated carbocycles. The normalized spacial score (nSPS) is 17.3. The van der Waals surface area contributed by atoms with Crippen molar-refractivity contribution in [1.29, 1.82) is 0 Å². The summed E-state index contributed by atoms with van der Waals surface area (Å²) in [5, 5.41) is 12.9. The Morgan fingerprint density at radius 1 is 1.31 bits per heavy atom. The third kappa shape index (κ3) is 6.67. The number of aliphatic hydroxyl groups is 1. The molecule has 10 nitrogen and oxygen atoms in total. The fraction of sp³-hybridized carbons (Fsp3) is 0.632. The first-order chi connectivity index (χ1) is 13.6. The number of ether oxygens (including phenoxy) is 1. The van der Waals surface area contributed by atoms with Crippen molar-refractivity contribution in [3.63, 3.8) is 0 Å². The molecule has 10 heteroatoms. The third-order valence-corrected chi connectivity index (χ3v) is 4.22. The first-order valence-electron chi connectivity index (χ1n) is 9.57. The number of carbonyl (C=O) groups excluding carboxylic acids is 3. The molecule has 160 valence electrons. The predicted octanol–water partition coefficient (Wildman–Crippen LogP) is 0.659. The lowest BCUT2D eigenvalue weighted by Crippen LogP contribution is -2.57. The number of aliphatic hydroxyl groups excluding tert-OH is 1. The largest absolute Gasteiger partial charge is 0.444 e. The van der Waals surface area contributed by atoms with Gasteiger partial charge in [-0.05, 0) is 40.2 Å². The second-order valence-corrected chi connectivity index (χ2v) is 7.92. The summed E-state index contributed by atoms with van der Waals surface area (Å²) in [4.78, 5) is 48.5. The van der Waals surface area contributed by atoms with Crippen LogP contribution in [-0.4, -0.2) is 73.7 Å². The maximum Gasteiger partial charge on any atom is 0.411 e. The molecule has 0 radical (unpaired) electrons. The van der Waals surface area contributed by atoms with Crippen LogP contribution in [0.4, 0.5) is 4.79 Å². The molecule has 3 amide bonds. The summed E-state index contributed by atoms with van der Waals surface area (Å²) in [6.45, 7) is 6.93. The number of aromatic nitrogens is 2. The fourth-order valence-corrected chi connectivity index (χ4v) is 2.93. The van der Waals surface area contributed by atoms with Gasteiger partial charge < -0.3 is 20.1 Å². The first-order valence-corrected chi connectivity index (χ1v) is 9.57. The van der Waals surface area contributed by atoms with E-state index in [1.807, 2.05) is 0 Å². The molecular weight excluding hydrogens is 378 g/mol. The van der Waals surface area contributed by atoms with Gasteiger partial charge in [-0.2, -0.15) is 0 Å². The van der Waals surface area contributed by atoms with Crippen molar-refractivity contribution in [1.82, 2.24) is 25.1 Å². The second-order valence-electron chi connectivity index (χ2n) is 7.92. The van der Waals surface area contributed by atoms with Crippen LogP contribution in [0.3, 0.4) is 0 Å². The van der Waals surface area contributed by atoms with E-state index >= 15 is 0 Å². The molecule has 1 aromatic heterocycles. The van der Waals surface area contributed by atoms with E-state index in [0.717, 1.165) is 0 Å². The summed E-state index contributed by atoms with van der Waals surface area (Å²) in [6, 6.07) is 0.500. The van der Waals surface area contributed by atoms with Crippen molar-refractivity contribution >= 4 is 17.9 Å². The van der Waals surface area contributed by atoms with Crippen molar-refractivity contribution in [2.45, 2.75) is 64.8 Å². The predicted molar refractivity (Wildman–Crippen MR) is 103 cm³/mol. The zero-order valence-electron chi connectivity index (χ0n) is 17.3. The number of amides is 3. The van der Waals surface area contributed by atoms with Gasteiger partial charge in [-0.1, -0.05) is 0 Å². The number of carbonyl (C=O) groups is 3. The van der Waals surface area contributed by atoms with E-state index in [2.05, 4.69) is 15.3 Å². The van der Waals surface area contributed by atoms with Crippen LogP contribution in [0.25, 0.3) is 0 Å². The first kappa shape index (κ1) is 22.5. The summed E-state index contributed by atoms with van der Waals surface area (Å²) >= 11 is 0. The van der Waals surface area contributed by atoms with E-state index in [1.165, 1.54) is 16.7 Å². The number of nitrogens with one attached hydrogen (secondary N) is 1. The van der Waals surface area contributed by atoms with Crippen molar-refractivity contribution in [3.05, 3.63) is 24.3 Å². The third-order valence-electron chi connectivity index (χ3n) is 4.22. The van der Waals surface area contributed by atoms with Crippen LogP contribution in [-0.2, 0) is 20.9 Å². The molecule has 2 N–H and O–H groups in total. The van der Waals surface area contributed by atoms with Gasteiger partial charge in [0.1, 0.15) is 17.5 Å². The fourth-order valence-electron chi connectivity index (χ4n) is 2.93. The molecule has 0 bridgehead atoms. The Balaban J connectivity index is 2.14. The lowest BCUT2D eigenvalue weighted by atomic mass is 10.1. The monoisotopic (exact) mass is 407 g/mol. The Morgan fingerprint density at radius 3 is 2.55 bits per heavy atom. The van der Waals surface area contributed by atoms with Crippen LogP contribution >= 0.6 is 0 Å². The Hall–Kier alpha value is -2.75. The highest BCUT2D eigenvalue weighted by atomic mass is 16.6. The van der Waals surface area contributed by atoms with Crippen LogP contribution < -0.4 is 5.32 Å². The lowest BCUT2D eigenvalue weighted by molar-refractivity contribution is -0.145. The van der Waals surface area contributed by atoms with Gasteiger partial charge in [-0.25, -0.2) is 14.8 Å². The van der Waals surface area contributed by atoms with Gasteiger partial charge in [0.25, 0.3) is 0 Å². The van der Waals surface area contributed by atoms with Gasteiger partial charge >= 0.3 is 6.09 Å². The molecule has 0 aliphatic carbocycles. The molecule has 1 aliphatic rings. The summed E-state index contributed by atoms with van der Waals surface area (Å²) in [6.07, 6.45) is 2.00. The molecule has 1 saturated heterocycles. The molecule has 0 aromatic carbocycles. The summed E-state index contributed by atoms with van der Waals surface area (Å²) in [5.41, 5.74) is -0.686. The topological polar surface area (TPSA) is 125 Å². The van der Waals surface area contributed by atoms with Crippen molar-refractivity contribution in [2.75, 3.05) is 13.2 Å². The van der Waals surface area contributed by atoms with Crippen molar-refractivity contribution in [3.8, 4) is 0 Å². The number of hydrogen-bond acceptors (Lipinski definition) is 7. The van der Waals surface area contributed by atoms with E-state index in [1.54, 1.807) is 39.2 Å². The zero-order chi connectivity index (χ0) is 21.6. The number of rotatable bonds is 5. The molecule has 2 rings (SSSR count). The van der Waals surface area contributed by atoms with Crippen molar-refractivity contribution < 1.29 is 24.2 Å². The van der Waals surface area contributed by atoms with Gasteiger partial charge in [0.2, 0.25) is 11.8 Å². The van der Waals surface area contributed by atoms with Gasteiger partial charge in [0.05, 0.1) is 19.3 Å². The van der Waals surface area contributed by atoms with E-state index in [-0.39, 0.29) is 25.5 Å². The highest BCUT2D eigenvalue weighted by Gasteiger charge is 2.37. The minimum atomic E-state index is -1.16. The molecular formula is C19H29N5O5.